The number of guanidine groups is 2. The van der Waals surface area contributed by atoms with E-state index in [-0.39, 0.29) is 11.9 Å². The van der Waals surface area contributed by atoms with Crippen molar-refractivity contribution in [3.8, 4) is 0 Å². The van der Waals surface area contributed by atoms with E-state index in [4.69, 9.17) is 28.8 Å². The van der Waals surface area contributed by atoms with Gasteiger partial charge in [-0.15, -0.1) is 0 Å². The monoisotopic (exact) mass is 211 g/mol. The minimum Gasteiger partial charge on any atom is -0.370 e. The third kappa shape index (κ3) is 3.32. The van der Waals surface area contributed by atoms with Gasteiger partial charge in [0.25, 0.3) is 0 Å². The molecular formula is C8H10ClN5. The van der Waals surface area contributed by atoms with Gasteiger partial charge in [0.15, 0.2) is 5.96 Å². The van der Waals surface area contributed by atoms with E-state index in [0.29, 0.717) is 10.7 Å². The number of nitrogens with two attached hydrogens (primary N) is 3. The second kappa shape index (κ2) is 4.48. The van der Waals surface area contributed by atoms with Crippen molar-refractivity contribution in [2.45, 2.75) is 0 Å². The van der Waals surface area contributed by atoms with Crippen LogP contribution >= 0.6 is 11.6 Å². The van der Waals surface area contributed by atoms with E-state index < -0.39 is 0 Å². The van der Waals surface area contributed by atoms with Crippen LogP contribution in [0.5, 0.6) is 0 Å². The fraction of sp³-hybridized carbons (Fsp3) is 0. The Morgan fingerprint density at radius 2 is 1.64 bits per heavy atom. The average Bonchev–Trinajstić information content (AvgIpc) is 2.07. The molecule has 0 aromatic heterocycles. The number of benzene rings is 1. The van der Waals surface area contributed by atoms with Crippen LogP contribution in [-0.2, 0) is 0 Å². The highest BCUT2D eigenvalue weighted by molar-refractivity contribution is 6.30. The molecule has 6 heteroatoms. The first kappa shape index (κ1) is 10.3. The van der Waals surface area contributed by atoms with Crippen LogP contribution in [0.3, 0.4) is 0 Å². The summed E-state index contributed by atoms with van der Waals surface area (Å²) >= 11 is 5.69. The Bertz CT molecular complexity index is 364. The second-order valence-corrected chi connectivity index (χ2v) is 2.92. The molecule has 0 saturated heterocycles. The van der Waals surface area contributed by atoms with Crippen LogP contribution in [-0.4, -0.2) is 11.9 Å². The van der Waals surface area contributed by atoms with Gasteiger partial charge in [-0.05, 0) is 24.3 Å². The van der Waals surface area contributed by atoms with E-state index in [1.807, 2.05) is 0 Å². The second-order valence-electron chi connectivity index (χ2n) is 2.48. The summed E-state index contributed by atoms with van der Waals surface area (Å²) in [6.45, 7) is 0. The molecular weight excluding hydrogens is 202 g/mol. The maximum atomic E-state index is 5.69. The van der Waals surface area contributed by atoms with Crippen molar-refractivity contribution < 1.29 is 0 Å². The number of hydrogen-bond acceptors (Lipinski definition) is 1. The highest BCUT2D eigenvalue weighted by Gasteiger charge is 1.92. The molecule has 0 bridgehead atoms. The van der Waals surface area contributed by atoms with Gasteiger partial charge in [0.05, 0.1) is 5.69 Å². The number of hydrogen-bond donors (Lipinski definition) is 3. The van der Waals surface area contributed by atoms with E-state index >= 15 is 0 Å². The van der Waals surface area contributed by atoms with Crippen molar-refractivity contribution in [1.29, 1.82) is 0 Å². The van der Waals surface area contributed by atoms with E-state index in [2.05, 4.69) is 9.98 Å². The average molecular weight is 212 g/mol. The Labute approximate surface area is 86.3 Å². The SMILES string of the molecule is NC(N)=NC(N)=Nc1ccc(Cl)cc1. The number of rotatable bonds is 1. The van der Waals surface area contributed by atoms with Crippen LogP contribution in [0.4, 0.5) is 5.69 Å². The summed E-state index contributed by atoms with van der Waals surface area (Å²) in [6, 6.07) is 6.81. The van der Waals surface area contributed by atoms with Crippen molar-refractivity contribution >= 4 is 29.2 Å². The summed E-state index contributed by atoms with van der Waals surface area (Å²) in [5, 5.41) is 0.629. The highest BCUT2D eigenvalue weighted by atomic mass is 35.5. The van der Waals surface area contributed by atoms with Crippen LogP contribution in [0.15, 0.2) is 34.3 Å². The fourth-order valence-electron chi connectivity index (χ4n) is 0.805. The normalized spacial score (nSPS) is 11.1. The first-order valence-electron chi connectivity index (χ1n) is 3.77. The molecule has 6 N–H and O–H groups in total. The van der Waals surface area contributed by atoms with Gasteiger partial charge in [-0.2, -0.15) is 4.99 Å². The maximum absolute atomic E-state index is 5.69. The van der Waals surface area contributed by atoms with Gasteiger partial charge in [0.1, 0.15) is 0 Å². The molecule has 0 atom stereocenters. The molecule has 0 fully saturated rings. The lowest BCUT2D eigenvalue weighted by Gasteiger charge is -1.95. The first-order chi connectivity index (χ1) is 6.58. The maximum Gasteiger partial charge on any atom is 0.223 e. The summed E-state index contributed by atoms with van der Waals surface area (Å²) in [5.41, 5.74) is 16.3. The zero-order chi connectivity index (χ0) is 10.6. The molecule has 0 amide bonds. The van der Waals surface area contributed by atoms with Crippen LogP contribution in [0.25, 0.3) is 0 Å². The summed E-state index contributed by atoms with van der Waals surface area (Å²) < 4.78 is 0. The molecule has 74 valence electrons. The Morgan fingerprint density at radius 1 is 1.07 bits per heavy atom. The third-order valence-corrected chi connectivity index (χ3v) is 1.57. The molecule has 0 aliphatic rings. The lowest BCUT2D eigenvalue weighted by atomic mass is 10.3. The molecule has 1 aromatic carbocycles. The van der Waals surface area contributed by atoms with Gasteiger partial charge < -0.3 is 17.2 Å². The van der Waals surface area contributed by atoms with Gasteiger partial charge in [-0.1, -0.05) is 11.6 Å². The van der Waals surface area contributed by atoms with Crippen molar-refractivity contribution in [1.82, 2.24) is 0 Å². The van der Waals surface area contributed by atoms with E-state index in [9.17, 15) is 0 Å². The number of nitrogens with zero attached hydrogens (tertiary/aromatic N) is 2. The standard InChI is InChI=1S/C8H10ClN5/c9-5-1-3-6(4-2-5)13-8(12)14-7(10)11/h1-4H,(H6,10,11,12,13,14). The zero-order valence-corrected chi connectivity index (χ0v) is 8.07. The third-order valence-electron chi connectivity index (χ3n) is 1.31. The fourth-order valence-corrected chi connectivity index (χ4v) is 0.931. The molecule has 14 heavy (non-hydrogen) atoms. The topological polar surface area (TPSA) is 103 Å². The summed E-state index contributed by atoms with van der Waals surface area (Å²) in [4.78, 5) is 7.49. The van der Waals surface area contributed by atoms with Crippen LogP contribution in [0, 0.1) is 0 Å². The largest absolute Gasteiger partial charge is 0.370 e. The molecule has 0 radical (unpaired) electrons. The van der Waals surface area contributed by atoms with Crippen molar-refractivity contribution in [3.05, 3.63) is 29.3 Å². The molecule has 5 nitrogen and oxygen atoms in total. The zero-order valence-electron chi connectivity index (χ0n) is 7.31. The van der Waals surface area contributed by atoms with Crippen LogP contribution in [0.2, 0.25) is 5.02 Å². The van der Waals surface area contributed by atoms with Crippen molar-refractivity contribution in [3.63, 3.8) is 0 Å². The minimum absolute atomic E-state index is 0.00678. The minimum atomic E-state index is -0.125. The van der Waals surface area contributed by atoms with Gasteiger partial charge in [-0.25, -0.2) is 4.99 Å². The molecule has 0 heterocycles. The Hall–Kier alpha value is -1.75. The van der Waals surface area contributed by atoms with Crippen molar-refractivity contribution in [2.75, 3.05) is 0 Å². The van der Waals surface area contributed by atoms with Gasteiger partial charge in [0.2, 0.25) is 5.96 Å². The first-order valence-corrected chi connectivity index (χ1v) is 4.15. The van der Waals surface area contributed by atoms with Gasteiger partial charge in [-0.3, -0.25) is 0 Å². The smallest absolute Gasteiger partial charge is 0.223 e. The van der Waals surface area contributed by atoms with E-state index in [1.54, 1.807) is 24.3 Å². The molecule has 0 aliphatic carbocycles. The quantitative estimate of drug-likeness (QED) is 0.467. The Morgan fingerprint density at radius 3 is 2.14 bits per heavy atom. The lowest BCUT2D eigenvalue weighted by molar-refractivity contribution is 1.38. The highest BCUT2D eigenvalue weighted by Crippen LogP contribution is 2.15. The summed E-state index contributed by atoms with van der Waals surface area (Å²) in [6.07, 6.45) is 0. The molecule has 1 rings (SSSR count). The van der Waals surface area contributed by atoms with Gasteiger partial charge >= 0.3 is 0 Å². The van der Waals surface area contributed by atoms with Gasteiger partial charge in [0, 0.05) is 5.02 Å². The number of aliphatic imine (C=N–C) groups is 2. The van der Waals surface area contributed by atoms with Crippen LogP contribution < -0.4 is 17.2 Å². The predicted molar refractivity (Wildman–Crippen MR) is 58.5 cm³/mol. The molecule has 1 aromatic rings. The lowest BCUT2D eigenvalue weighted by Crippen LogP contribution is -2.26. The number of halogens is 1. The molecule has 0 aliphatic heterocycles. The van der Waals surface area contributed by atoms with E-state index in [0.717, 1.165) is 0 Å². The summed E-state index contributed by atoms with van der Waals surface area (Å²) in [5.74, 6) is -0.118. The molecule has 0 unspecified atom stereocenters. The Balaban J connectivity index is 2.87. The van der Waals surface area contributed by atoms with Crippen LogP contribution in [0.1, 0.15) is 0 Å². The molecule has 0 spiro atoms. The summed E-state index contributed by atoms with van der Waals surface area (Å²) in [7, 11) is 0. The molecule has 0 saturated carbocycles. The predicted octanol–water partition coefficient (Wildman–Crippen LogP) is 0.560. The van der Waals surface area contributed by atoms with Crippen molar-refractivity contribution in [2.24, 2.45) is 27.2 Å². The van der Waals surface area contributed by atoms with E-state index in [1.165, 1.54) is 0 Å². The Kier molecular flexibility index (Phi) is 3.30.